The van der Waals surface area contributed by atoms with Crippen LogP contribution in [0.2, 0.25) is 0 Å². The molecule has 21 heavy (non-hydrogen) atoms. The first-order valence-electron chi connectivity index (χ1n) is 7.34. The number of aromatic nitrogens is 1. The van der Waals surface area contributed by atoms with Crippen molar-refractivity contribution in [3.63, 3.8) is 0 Å². The smallest absolute Gasteiger partial charge is 0.317 e. The molecule has 1 aromatic rings. The number of amides is 2. The number of carbonyl (C=O) groups excluding carboxylic acids is 1. The maximum Gasteiger partial charge on any atom is 0.317 e. The van der Waals surface area contributed by atoms with Crippen LogP contribution >= 0.6 is 11.3 Å². The molecule has 0 atom stereocenters. The van der Waals surface area contributed by atoms with E-state index >= 15 is 0 Å². The monoisotopic (exact) mass is 312 g/mol. The van der Waals surface area contributed by atoms with Gasteiger partial charge in [-0.15, -0.1) is 11.3 Å². The van der Waals surface area contributed by atoms with Gasteiger partial charge in [0.25, 0.3) is 0 Å². The minimum Gasteiger partial charge on any atom is -0.383 e. The van der Waals surface area contributed by atoms with Crippen molar-refractivity contribution in [3.05, 3.63) is 16.1 Å². The van der Waals surface area contributed by atoms with Gasteiger partial charge in [-0.1, -0.05) is 0 Å². The number of rotatable bonds is 5. The Balaban J connectivity index is 1.74. The number of nitrogens with one attached hydrogen (secondary N) is 1. The standard InChI is InChI=1S/C14H24N4O2S/c1-12-11-21-13(16-12)10-15-14(19)18-5-3-4-17(6-7-18)8-9-20-2/h11H,3-10H2,1-2H3,(H,15,19). The number of thiazole rings is 1. The maximum atomic E-state index is 12.2. The summed E-state index contributed by atoms with van der Waals surface area (Å²) in [7, 11) is 1.72. The molecule has 0 saturated carbocycles. The van der Waals surface area contributed by atoms with Gasteiger partial charge in [0, 0.05) is 44.4 Å². The van der Waals surface area contributed by atoms with Gasteiger partial charge in [0.2, 0.25) is 0 Å². The molecule has 1 fully saturated rings. The molecule has 7 heteroatoms. The average molecular weight is 312 g/mol. The highest BCUT2D eigenvalue weighted by Gasteiger charge is 2.18. The van der Waals surface area contributed by atoms with Crippen LogP contribution in [0.1, 0.15) is 17.1 Å². The SMILES string of the molecule is COCCN1CCCN(C(=O)NCc2nc(C)cs2)CC1. The lowest BCUT2D eigenvalue weighted by atomic mass is 10.4. The van der Waals surface area contributed by atoms with Crippen molar-refractivity contribution in [2.75, 3.05) is 46.4 Å². The van der Waals surface area contributed by atoms with Gasteiger partial charge in [-0.2, -0.15) is 0 Å². The fourth-order valence-electron chi connectivity index (χ4n) is 2.36. The molecule has 0 bridgehead atoms. The molecule has 2 heterocycles. The first-order valence-corrected chi connectivity index (χ1v) is 8.22. The van der Waals surface area contributed by atoms with Gasteiger partial charge in [-0.25, -0.2) is 9.78 Å². The van der Waals surface area contributed by atoms with Gasteiger partial charge < -0.3 is 15.0 Å². The summed E-state index contributed by atoms with van der Waals surface area (Å²) in [4.78, 5) is 20.8. The molecule has 0 unspecified atom stereocenters. The fourth-order valence-corrected chi connectivity index (χ4v) is 3.08. The van der Waals surface area contributed by atoms with E-state index in [0.29, 0.717) is 6.54 Å². The molecule has 1 saturated heterocycles. The van der Waals surface area contributed by atoms with Crippen LogP contribution < -0.4 is 5.32 Å². The summed E-state index contributed by atoms with van der Waals surface area (Å²) in [5.41, 5.74) is 1.01. The number of ether oxygens (including phenoxy) is 1. The van der Waals surface area contributed by atoms with Crippen LogP contribution in [0.5, 0.6) is 0 Å². The first-order chi connectivity index (χ1) is 10.2. The molecule has 0 radical (unpaired) electrons. The minimum absolute atomic E-state index is 0.0106. The molecule has 0 aromatic carbocycles. The number of aryl methyl sites for hydroxylation is 1. The van der Waals surface area contributed by atoms with E-state index in [1.54, 1.807) is 18.4 Å². The number of carbonyl (C=O) groups is 1. The van der Waals surface area contributed by atoms with E-state index in [1.165, 1.54) is 0 Å². The first kappa shape index (κ1) is 16.2. The van der Waals surface area contributed by atoms with E-state index in [2.05, 4.69) is 15.2 Å². The lowest BCUT2D eigenvalue weighted by Crippen LogP contribution is -2.42. The molecule has 0 aliphatic carbocycles. The van der Waals surface area contributed by atoms with E-state index in [1.807, 2.05) is 17.2 Å². The second kappa shape index (κ2) is 8.31. The molecule has 1 aliphatic rings. The molecule has 2 rings (SSSR count). The van der Waals surface area contributed by atoms with Gasteiger partial charge >= 0.3 is 6.03 Å². The molecular formula is C14H24N4O2S. The zero-order valence-electron chi connectivity index (χ0n) is 12.8. The van der Waals surface area contributed by atoms with Crippen LogP contribution in [0.25, 0.3) is 0 Å². The average Bonchev–Trinajstić information content (AvgIpc) is 2.75. The summed E-state index contributed by atoms with van der Waals surface area (Å²) in [5.74, 6) is 0. The Kier molecular flexibility index (Phi) is 6.41. The van der Waals surface area contributed by atoms with Crippen molar-refractivity contribution in [1.29, 1.82) is 0 Å². The predicted octanol–water partition coefficient (Wildman–Crippen LogP) is 1.32. The number of hydrogen-bond acceptors (Lipinski definition) is 5. The summed E-state index contributed by atoms with van der Waals surface area (Å²) in [6.45, 7) is 7.68. The lowest BCUT2D eigenvalue weighted by Gasteiger charge is -2.22. The van der Waals surface area contributed by atoms with Gasteiger partial charge in [0.05, 0.1) is 13.2 Å². The van der Waals surface area contributed by atoms with Crippen LogP contribution in [0.15, 0.2) is 5.38 Å². The van der Waals surface area contributed by atoms with Crippen LogP contribution in [-0.2, 0) is 11.3 Å². The molecular weight excluding hydrogens is 288 g/mol. The summed E-state index contributed by atoms with van der Waals surface area (Å²) in [6.07, 6.45) is 1.01. The topological polar surface area (TPSA) is 57.7 Å². The van der Waals surface area contributed by atoms with Gasteiger partial charge in [0.1, 0.15) is 5.01 Å². The molecule has 1 aliphatic heterocycles. The van der Waals surface area contributed by atoms with Crippen molar-refractivity contribution >= 4 is 17.4 Å². The quantitative estimate of drug-likeness (QED) is 0.891. The Bertz CT molecular complexity index is 452. The van der Waals surface area contributed by atoms with Crippen molar-refractivity contribution in [2.24, 2.45) is 0 Å². The maximum absolute atomic E-state index is 12.2. The normalized spacial score (nSPS) is 16.8. The van der Waals surface area contributed by atoms with Gasteiger partial charge in [0.15, 0.2) is 0 Å². The summed E-state index contributed by atoms with van der Waals surface area (Å²) < 4.78 is 5.11. The van der Waals surface area contributed by atoms with Crippen LogP contribution in [0.4, 0.5) is 4.79 Å². The minimum atomic E-state index is 0.0106. The van der Waals surface area contributed by atoms with Crippen molar-refractivity contribution in [2.45, 2.75) is 19.9 Å². The van der Waals surface area contributed by atoms with E-state index in [-0.39, 0.29) is 6.03 Å². The molecule has 6 nitrogen and oxygen atoms in total. The Hall–Kier alpha value is -1.18. The summed E-state index contributed by atoms with van der Waals surface area (Å²) in [5, 5.41) is 5.92. The van der Waals surface area contributed by atoms with Crippen LogP contribution in [0, 0.1) is 6.92 Å². The van der Waals surface area contributed by atoms with Crippen molar-refractivity contribution in [1.82, 2.24) is 20.1 Å². The molecule has 0 spiro atoms. The second-order valence-corrected chi connectivity index (χ2v) is 6.16. The molecule has 1 aromatic heterocycles. The number of methoxy groups -OCH3 is 1. The number of urea groups is 1. The molecule has 118 valence electrons. The van der Waals surface area contributed by atoms with Crippen molar-refractivity contribution < 1.29 is 9.53 Å². The zero-order chi connectivity index (χ0) is 15.1. The van der Waals surface area contributed by atoms with E-state index < -0.39 is 0 Å². The second-order valence-electron chi connectivity index (χ2n) is 5.22. The molecule has 2 amide bonds. The number of nitrogens with zero attached hydrogens (tertiary/aromatic N) is 3. The summed E-state index contributed by atoms with van der Waals surface area (Å²) in [6, 6.07) is 0.0106. The number of hydrogen-bond donors (Lipinski definition) is 1. The Morgan fingerprint density at radius 2 is 2.29 bits per heavy atom. The van der Waals surface area contributed by atoms with E-state index in [0.717, 1.165) is 56.5 Å². The van der Waals surface area contributed by atoms with Gasteiger partial charge in [-0.3, -0.25) is 4.90 Å². The lowest BCUT2D eigenvalue weighted by molar-refractivity contribution is 0.149. The van der Waals surface area contributed by atoms with E-state index in [4.69, 9.17) is 4.74 Å². The predicted molar refractivity (Wildman–Crippen MR) is 83.6 cm³/mol. The Morgan fingerprint density at radius 3 is 3.00 bits per heavy atom. The van der Waals surface area contributed by atoms with Crippen LogP contribution in [0.3, 0.4) is 0 Å². The van der Waals surface area contributed by atoms with Crippen molar-refractivity contribution in [3.8, 4) is 0 Å². The largest absolute Gasteiger partial charge is 0.383 e. The summed E-state index contributed by atoms with van der Waals surface area (Å²) >= 11 is 1.59. The Morgan fingerprint density at radius 1 is 1.43 bits per heavy atom. The highest BCUT2D eigenvalue weighted by atomic mass is 32.1. The highest BCUT2D eigenvalue weighted by Crippen LogP contribution is 2.08. The third-order valence-corrected chi connectivity index (χ3v) is 4.51. The van der Waals surface area contributed by atoms with Crippen LogP contribution in [-0.4, -0.2) is 67.3 Å². The fraction of sp³-hybridized carbons (Fsp3) is 0.714. The Labute approximate surface area is 130 Å². The third-order valence-electron chi connectivity index (χ3n) is 3.54. The highest BCUT2D eigenvalue weighted by molar-refractivity contribution is 7.09. The van der Waals surface area contributed by atoms with E-state index in [9.17, 15) is 4.79 Å². The molecule has 1 N–H and O–H groups in total. The third kappa shape index (κ3) is 5.26. The zero-order valence-corrected chi connectivity index (χ0v) is 13.6. The van der Waals surface area contributed by atoms with Gasteiger partial charge in [-0.05, 0) is 19.9 Å².